The van der Waals surface area contributed by atoms with E-state index >= 15 is 0 Å². The van der Waals surface area contributed by atoms with Gasteiger partial charge in [-0.2, -0.15) is 0 Å². The Morgan fingerprint density at radius 3 is 2.65 bits per heavy atom. The Morgan fingerprint density at radius 1 is 1.50 bits per heavy atom. The molecular formula is C13H17BrN2O4. The molecule has 0 spiro atoms. The van der Waals surface area contributed by atoms with Gasteiger partial charge in [-0.1, -0.05) is 29.8 Å². The van der Waals surface area contributed by atoms with Crippen molar-refractivity contribution in [3.05, 3.63) is 33.9 Å². The summed E-state index contributed by atoms with van der Waals surface area (Å²) in [6.45, 7) is 4.57. The van der Waals surface area contributed by atoms with Crippen LogP contribution < -0.4 is 10.1 Å². The maximum Gasteiger partial charge on any atom is 0.310 e. The van der Waals surface area contributed by atoms with E-state index in [9.17, 15) is 14.9 Å². The Kier molecular flexibility index (Phi) is 5.94. The number of benzene rings is 1. The van der Waals surface area contributed by atoms with Crippen LogP contribution in [-0.4, -0.2) is 29.3 Å². The number of nitro benzene ring substituents is 1. The zero-order valence-electron chi connectivity index (χ0n) is 11.6. The smallest absolute Gasteiger partial charge is 0.310 e. The van der Waals surface area contributed by atoms with Crippen LogP contribution in [0.5, 0.6) is 5.75 Å². The predicted molar refractivity (Wildman–Crippen MR) is 79.5 cm³/mol. The molecule has 0 aliphatic rings. The number of carbonyl (C=O) groups excluding carboxylic acids is 1. The van der Waals surface area contributed by atoms with E-state index in [0.717, 1.165) is 0 Å². The van der Waals surface area contributed by atoms with E-state index in [1.165, 1.54) is 25.3 Å². The largest absolute Gasteiger partial charge is 0.490 e. The molecule has 1 N–H and O–H groups in total. The van der Waals surface area contributed by atoms with Crippen molar-refractivity contribution in [1.82, 2.24) is 5.32 Å². The monoisotopic (exact) mass is 344 g/mol. The maximum atomic E-state index is 12.0. The van der Waals surface area contributed by atoms with Gasteiger partial charge in [0.15, 0.2) is 5.75 Å². The molecule has 0 saturated carbocycles. The molecule has 0 fully saturated rings. The van der Waals surface area contributed by atoms with Crippen LogP contribution in [0.3, 0.4) is 0 Å². The fraction of sp³-hybridized carbons (Fsp3) is 0.462. The lowest BCUT2D eigenvalue weighted by atomic mass is 10.1. The maximum absolute atomic E-state index is 12.0. The summed E-state index contributed by atoms with van der Waals surface area (Å²) in [4.78, 5) is 22.4. The van der Waals surface area contributed by atoms with E-state index in [4.69, 9.17) is 4.74 Å². The molecule has 1 atom stereocenters. The first-order valence-corrected chi connectivity index (χ1v) is 7.03. The lowest BCUT2D eigenvalue weighted by Crippen LogP contribution is -2.31. The molecule has 0 aromatic heterocycles. The van der Waals surface area contributed by atoms with Crippen molar-refractivity contribution in [2.45, 2.75) is 18.7 Å². The summed E-state index contributed by atoms with van der Waals surface area (Å²) >= 11 is 3.47. The van der Waals surface area contributed by atoms with Gasteiger partial charge >= 0.3 is 5.69 Å². The summed E-state index contributed by atoms with van der Waals surface area (Å²) in [6.07, 6.45) is 0. The third kappa shape index (κ3) is 4.19. The molecule has 1 amide bonds. The second-order valence-corrected chi connectivity index (χ2v) is 5.79. The van der Waals surface area contributed by atoms with Crippen LogP contribution in [0.2, 0.25) is 0 Å². The number of ether oxygens (including phenoxy) is 1. The fourth-order valence-electron chi connectivity index (χ4n) is 1.50. The molecule has 0 aliphatic heterocycles. The van der Waals surface area contributed by atoms with Crippen molar-refractivity contribution >= 4 is 27.5 Å². The first-order valence-electron chi connectivity index (χ1n) is 6.11. The Morgan fingerprint density at radius 2 is 2.15 bits per heavy atom. The Balaban J connectivity index is 2.81. The molecule has 1 aromatic carbocycles. The molecule has 1 rings (SSSR count). The molecule has 0 saturated heterocycles. The lowest BCUT2D eigenvalue weighted by molar-refractivity contribution is -0.385. The number of hydrogen-bond donors (Lipinski definition) is 1. The second kappa shape index (κ2) is 7.23. The van der Waals surface area contributed by atoms with E-state index in [0.29, 0.717) is 18.0 Å². The number of hydrogen-bond acceptors (Lipinski definition) is 4. The van der Waals surface area contributed by atoms with E-state index in [1.807, 2.05) is 13.8 Å². The van der Waals surface area contributed by atoms with Gasteiger partial charge in [0.25, 0.3) is 5.91 Å². The van der Waals surface area contributed by atoms with E-state index in [-0.39, 0.29) is 22.2 Å². The summed E-state index contributed by atoms with van der Waals surface area (Å²) in [7, 11) is 1.33. The number of carbonyl (C=O) groups is 1. The number of nitrogens with zero attached hydrogens (tertiary/aromatic N) is 1. The number of rotatable bonds is 6. The molecular weight excluding hydrogens is 328 g/mol. The summed E-state index contributed by atoms with van der Waals surface area (Å²) in [5.74, 6) is 0.173. The van der Waals surface area contributed by atoms with Crippen LogP contribution in [-0.2, 0) is 0 Å². The zero-order valence-corrected chi connectivity index (χ0v) is 13.1. The van der Waals surface area contributed by atoms with Crippen LogP contribution in [0.25, 0.3) is 0 Å². The van der Waals surface area contributed by atoms with Gasteiger partial charge in [-0.3, -0.25) is 14.9 Å². The van der Waals surface area contributed by atoms with Gasteiger partial charge in [0.2, 0.25) is 0 Å². The van der Waals surface area contributed by atoms with Crippen molar-refractivity contribution in [2.24, 2.45) is 5.92 Å². The number of halogens is 1. The van der Waals surface area contributed by atoms with Gasteiger partial charge in [0.1, 0.15) is 0 Å². The third-order valence-corrected chi connectivity index (χ3v) is 4.20. The molecule has 0 radical (unpaired) electrons. The summed E-state index contributed by atoms with van der Waals surface area (Å²) in [6, 6.07) is 4.04. The topological polar surface area (TPSA) is 81.5 Å². The van der Waals surface area contributed by atoms with Crippen molar-refractivity contribution in [3.63, 3.8) is 0 Å². The van der Waals surface area contributed by atoms with Gasteiger partial charge in [0, 0.05) is 29.1 Å². The second-order valence-electron chi connectivity index (χ2n) is 4.61. The quantitative estimate of drug-likeness (QED) is 0.488. The number of amides is 1. The molecule has 110 valence electrons. The Hall–Kier alpha value is -1.63. The summed E-state index contributed by atoms with van der Waals surface area (Å²) in [5.41, 5.74) is 0.167. The molecule has 0 bridgehead atoms. The Bertz CT molecular complexity index is 505. The molecule has 1 unspecified atom stereocenters. The summed E-state index contributed by atoms with van der Waals surface area (Å²) in [5, 5.41) is 13.5. The number of nitro groups is 1. The van der Waals surface area contributed by atoms with Gasteiger partial charge < -0.3 is 10.1 Å². The van der Waals surface area contributed by atoms with Crippen LogP contribution in [0, 0.1) is 16.0 Å². The molecule has 6 nitrogen and oxygen atoms in total. The van der Waals surface area contributed by atoms with Gasteiger partial charge in [0.05, 0.1) is 12.0 Å². The fourth-order valence-corrected chi connectivity index (χ4v) is 1.66. The number of nitrogens with one attached hydrogen (secondary N) is 1. The van der Waals surface area contributed by atoms with E-state index in [2.05, 4.69) is 21.2 Å². The number of methoxy groups -OCH3 is 1. The molecule has 0 heterocycles. The van der Waals surface area contributed by atoms with E-state index in [1.54, 1.807) is 0 Å². The Labute approximate surface area is 125 Å². The van der Waals surface area contributed by atoms with Gasteiger partial charge in [-0.15, -0.1) is 0 Å². The van der Waals surface area contributed by atoms with Gasteiger partial charge in [-0.05, 0) is 12.0 Å². The first kappa shape index (κ1) is 16.4. The third-order valence-electron chi connectivity index (χ3n) is 2.82. The highest BCUT2D eigenvalue weighted by Gasteiger charge is 2.18. The highest BCUT2D eigenvalue weighted by molar-refractivity contribution is 9.09. The molecule has 7 heteroatoms. The van der Waals surface area contributed by atoms with Crippen LogP contribution >= 0.6 is 15.9 Å². The predicted octanol–water partition coefficient (Wildman–Crippen LogP) is 2.75. The molecule has 0 aliphatic carbocycles. The van der Waals surface area contributed by atoms with Crippen LogP contribution in [0.1, 0.15) is 24.2 Å². The summed E-state index contributed by atoms with van der Waals surface area (Å²) < 4.78 is 4.93. The van der Waals surface area contributed by atoms with Crippen LogP contribution in [0.4, 0.5) is 5.69 Å². The first-order chi connectivity index (χ1) is 9.36. The molecule has 1 aromatic rings. The minimum atomic E-state index is -0.548. The average molecular weight is 345 g/mol. The number of alkyl halides is 1. The zero-order chi connectivity index (χ0) is 15.3. The minimum Gasteiger partial charge on any atom is -0.490 e. The highest BCUT2D eigenvalue weighted by Crippen LogP contribution is 2.27. The van der Waals surface area contributed by atoms with Gasteiger partial charge in [-0.25, -0.2) is 0 Å². The van der Waals surface area contributed by atoms with E-state index < -0.39 is 4.92 Å². The molecule has 20 heavy (non-hydrogen) atoms. The average Bonchev–Trinajstić information content (AvgIpc) is 2.43. The van der Waals surface area contributed by atoms with Crippen molar-refractivity contribution in [2.75, 3.05) is 13.7 Å². The minimum absolute atomic E-state index is 0.0712. The lowest BCUT2D eigenvalue weighted by Gasteiger charge is -2.14. The standard InChI is InChI=1S/C13H17BrN2O4/c1-8(2)10(14)7-15-13(17)9-4-5-11(16(18)19)12(6-9)20-3/h4-6,8,10H,7H2,1-3H3,(H,15,17). The van der Waals surface area contributed by atoms with Crippen LogP contribution in [0.15, 0.2) is 18.2 Å². The highest BCUT2D eigenvalue weighted by atomic mass is 79.9. The van der Waals surface area contributed by atoms with Crippen molar-refractivity contribution < 1.29 is 14.5 Å². The SMILES string of the molecule is COc1cc(C(=O)NCC(Br)C(C)C)ccc1[N+](=O)[O-]. The normalized spacial score (nSPS) is 12.1. The van der Waals surface area contributed by atoms with Crippen molar-refractivity contribution in [3.8, 4) is 5.75 Å². The van der Waals surface area contributed by atoms with Crippen molar-refractivity contribution in [1.29, 1.82) is 0 Å².